The first-order valence-electron chi connectivity index (χ1n) is 10.7. The summed E-state index contributed by atoms with van der Waals surface area (Å²) in [5.41, 5.74) is 3.35. The summed E-state index contributed by atoms with van der Waals surface area (Å²) in [6, 6.07) is 12.1. The van der Waals surface area contributed by atoms with E-state index in [-0.39, 0.29) is 10.7 Å². The van der Waals surface area contributed by atoms with Crippen molar-refractivity contribution in [3.8, 4) is 11.4 Å². The summed E-state index contributed by atoms with van der Waals surface area (Å²) in [5.74, 6) is 6.53. The van der Waals surface area contributed by atoms with Gasteiger partial charge in [-0.25, -0.2) is 13.1 Å². The number of nitrogens with two attached hydrogens (primary N) is 1. The Labute approximate surface area is 199 Å². The summed E-state index contributed by atoms with van der Waals surface area (Å²) in [5, 5.41) is 8.23. The number of aryl methyl sites for hydroxylation is 2. The average Bonchev–Trinajstić information content (AvgIpc) is 3.15. The fourth-order valence-electron chi connectivity index (χ4n) is 3.40. The van der Waals surface area contributed by atoms with E-state index in [1.807, 2.05) is 32.0 Å². The minimum absolute atomic E-state index is 0.0278. The zero-order valence-corrected chi connectivity index (χ0v) is 21.1. The normalized spacial score (nSPS) is 12.8. The van der Waals surface area contributed by atoms with Gasteiger partial charge >= 0.3 is 0 Å². The molecule has 0 aliphatic rings. The quantitative estimate of drug-likeness (QED) is 0.278. The highest BCUT2D eigenvalue weighted by Crippen LogP contribution is 2.28. The first-order chi connectivity index (χ1) is 15.6. The zero-order chi connectivity index (χ0) is 24.3. The summed E-state index contributed by atoms with van der Waals surface area (Å²) >= 11 is 1.21. The molecule has 0 fully saturated rings. The van der Waals surface area contributed by atoms with Gasteiger partial charge in [0.15, 0.2) is 11.6 Å². The number of benzene rings is 2. The summed E-state index contributed by atoms with van der Waals surface area (Å²) < 4.78 is 28.4. The van der Waals surface area contributed by atoms with Crippen molar-refractivity contribution in [1.82, 2.24) is 19.2 Å². The van der Waals surface area contributed by atoms with Gasteiger partial charge in [-0.3, -0.25) is 4.79 Å². The smallest absolute Gasteiger partial charge is 0.243 e. The molecular weight excluding hydrogens is 458 g/mol. The van der Waals surface area contributed by atoms with E-state index in [4.69, 9.17) is 5.84 Å². The number of hydrogen-bond donors (Lipinski definition) is 1. The molecule has 3 aromatic rings. The predicted octanol–water partition coefficient (Wildman–Crippen LogP) is 3.67. The number of aromatic nitrogens is 3. The van der Waals surface area contributed by atoms with Gasteiger partial charge < -0.3 is 5.84 Å². The number of Topliss-reactive ketones (excluding diaryl/α,β-unsaturated/α-hetero) is 1. The van der Waals surface area contributed by atoms with Crippen molar-refractivity contribution >= 4 is 27.6 Å². The standard InChI is InChI=1S/C23H29N5O3S2/c1-6-27(7-2)33(30,31)20-10-8-9-19(14-20)22-25-26-23(28(22)24)32-17(5)21(29)18-12-11-15(3)16(4)13-18/h8-14,17H,6-7,24H2,1-5H3. The van der Waals surface area contributed by atoms with Crippen molar-refractivity contribution in [1.29, 1.82) is 0 Å². The van der Waals surface area contributed by atoms with E-state index >= 15 is 0 Å². The summed E-state index contributed by atoms with van der Waals surface area (Å²) in [6.07, 6.45) is 0. The molecule has 10 heteroatoms. The molecule has 1 heterocycles. The van der Waals surface area contributed by atoms with E-state index < -0.39 is 15.3 Å². The van der Waals surface area contributed by atoms with Gasteiger partial charge in [-0.05, 0) is 50.1 Å². The lowest BCUT2D eigenvalue weighted by Gasteiger charge is -2.18. The number of ketones is 1. The maximum absolute atomic E-state index is 12.9. The Morgan fingerprint density at radius 3 is 2.42 bits per heavy atom. The van der Waals surface area contributed by atoms with Gasteiger partial charge in [0.25, 0.3) is 0 Å². The Morgan fingerprint density at radius 2 is 1.79 bits per heavy atom. The molecule has 33 heavy (non-hydrogen) atoms. The molecule has 0 aliphatic heterocycles. The Hall–Kier alpha value is -2.69. The van der Waals surface area contributed by atoms with Gasteiger partial charge in [-0.2, -0.15) is 4.31 Å². The minimum atomic E-state index is -3.62. The molecule has 1 atom stereocenters. The second-order valence-electron chi connectivity index (χ2n) is 7.72. The summed E-state index contributed by atoms with van der Waals surface area (Å²) in [7, 11) is -3.62. The largest absolute Gasteiger partial charge is 0.335 e. The SMILES string of the molecule is CCN(CC)S(=O)(=O)c1cccc(-c2nnc(SC(C)C(=O)c3ccc(C)c(C)c3)n2N)c1. The van der Waals surface area contributed by atoms with Gasteiger partial charge in [0.2, 0.25) is 15.2 Å². The van der Waals surface area contributed by atoms with Crippen LogP contribution in [-0.4, -0.2) is 51.7 Å². The van der Waals surface area contributed by atoms with E-state index in [2.05, 4.69) is 10.2 Å². The van der Waals surface area contributed by atoms with Crippen LogP contribution in [0.25, 0.3) is 11.4 Å². The van der Waals surface area contributed by atoms with Crippen molar-refractivity contribution in [3.05, 3.63) is 59.2 Å². The molecule has 3 rings (SSSR count). The molecule has 2 N–H and O–H groups in total. The van der Waals surface area contributed by atoms with E-state index in [0.717, 1.165) is 11.1 Å². The average molecular weight is 488 g/mol. The lowest BCUT2D eigenvalue weighted by molar-refractivity contribution is 0.0993. The highest BCUT2D eigenvalue weighted by atomic mass is 32.2. The van der Waals surface area contributed by atoms with E-state index in [9.17, 15) is 13.2 Å². The van der Waals surface area contributed by atoms with Gasteiger partial charge in [0, 0.05) is 24.2 Å². The predicted molar refractivity (Wildman–Crippen MR) is 131 cm³/mol. The van der Waals surface area contributed by atoms with E-state index in [0.29, 0.717) is 35.2 Å². The third-order valence-electron chi connectivity index (χ3n) is 5.54. The molecule has 1 aromatic heterocycles. The molecule has 8 nitrogen and oxygen atoms in total. The first-order valence-corrected chi connectivity index (χ1v) is 13.0. The first kappa shape index (κ1) is 24.9. The number of nitrogen functional groups attached to an aromatic ring is 1. The van der Waals surface area contributed by atoms with Crippen LogP contribution >= 0.6 is 11.8 Å². The number of sulfonamides is 1. The molecule has 0 aliphatic carbocycles. The van der Waals surface area contributed by atoms with Crippen molar-refractivity contribution < 1.29 is 13.2 Å². The summed E-state index contributed by atoms with van der Waals surface area (Å²) in [6.45, 7) is 10.1. The van der Waals surface area contributed by atoms with Gasteiger partial charge in [-0.15, -0.1) is 10.2 Å². The molecule has 0 amide bonds. The van der Waals surface area contributed by atoms with Crippen LogP contribution in [0.2, 0.25) is 0 Å². The number of carbonyl (C=O) groups excluding carboxylic acids is 1. The number of thioether (sulfide) groups is 1. The van der Waals surface area contributed by atoms with Crippen LogP contribution in [-0.2, 0) is 10.0 Å². The second-order valence-corrected chi connectivity index (χ2v) is 11.0. The summed E-state index contributed by atoms with van der Waals surface area (Å²) in [4.78, 5) is 13.1. The topological polar surface area (TPSA) is 111 Å². The molecule has 176 valence electrons. The number of hydrogen-bond acceptors (Lipinski definition) is 7. The molecule has 2 aromatic carbocycles. The van der Waals surface area contributed by atoms with Crippen molar-refractivity contribution in [3.63, 3.8) is 0 Å². The molecule has 0 bridgehead atoms. The van der Waals surface area contributed by atoms with Crippen molar-refractivity contribution in [2.24, 2.45) is 0 Å². The van der Waals surface area contributed by atoms with Crippen LogP contribution in [0.15, 0.2) is 52.5 Å². The molecular formula is C23H29N5O3S2. The third kappa shape index (κ3) is 5.13. The maximum atomic E-state index is 12.9. The number of carbonyl (C=O) groups is 1. The number of rotatable bonds is 9. The number of nitrogens with zero attached hydrogens (tertiary/aromatic N) is 4. The van der Waals surface area contributed by atoms with Crippen LogP contribution in [0.4, 0.5) is 0 Å². The zero-order valence-electron chi connectivity index (χ0n) is 19.4. The van der Waals surface area contributed by atoms with Crippen molar-refractivity contribution in [2.45, 2.75) is 49.9 Å². The molecule has 0 saturated heterocycles. The van der Waals surface area contributed by atoms with Crippen LogP contribution < -0.4 is 5.84 Å². The maximum Gasteiger partial charge on any atom is 0.243 e. The van der Waals surface area contributed by atoms with Gasteiger partial charge in [0.05, 0.1) is 10.1 Å². The molecule has 1 unspecified atom stereocenters. The van der Waals surface area contributed by atoms with E-state index in [1.165, 1.54) is 20.7 Å². The highest BCUT2D eigenvalue weighted by molar-refractivity contribution is 8.00. The molecule has 0 radical (unpaired) electrons. The lowest BCUT2D eigenvalue weighted by atomic mass is 10.0. The Morgan fingerprint density at radius 1 is 1.09 bits per heavy atom. The third-order valence-corrected chi connectivity index (χ3v) is 8.65. The van der Waals surface area contributed by atoms with Crippen LogP contribution in [0.1, 0.15) is 42.3 Å². The second kappa shape index (κ2) is 10.1. The van der Waals surface area contributed by atoms with Crippen LogP contribution in [0.3, 0.4) is 0 Å². The van der Waals surface area contributed by atoms with Gasteiger partial charge in [-0.1, -0.05) is 49.9 Å². The minimum Gasteiger partial charge on any atom is -0.335 e. The monoisotopic (exact) mass is 487 g/mol. The Kier molecular flexibility index (Phi) is 7.61. The van der Waals surface area contributed by atoms with Crippen LogP contribution in [0, 0.1) is 13.8 Å². The highest BCUT2D eigenvalue weighted by Gasteiger charge is 2.24. The molecule has 0 saturated carbocycles. The van der Waals surface area contributed by atoms with E-state index in [1.54, 1.807) is 45.0 Å². The lowest BCUT2D eigenvalue weighted by Crippen LogP contribution is -2.30. The molecule has 0 spiro atoms. The Bertz CT molecular complexity index is 1270. The fourth-order valence-corrected chi connectivity index (χ4v) is 5.76. The Balaban J connectivity index is 1.85. The van der Waals surface area contributed by atoms with Crippen molar-refractivity contribution in [2.75, 3.05) is 18.9 Å². The van der Waals surface area contributed by atoms with Crippen LogP contribution in [0.5, 0.6) is 0 Å². The van der Waals surface area contributed by atoms with Gasteiger partial charge in [0.1, 0.15) is 0 Å². The fraction of sp³-hybridized carbons (Fsp3) is 0.348.